The first-order valence-electron chi connectivity index (χ1n) is 6.02. The molecule has 18 heavy (non-hydrogen) atoms. The number of hydrogen-bond acceptors (Lipinski definition) is 1. The van der Waals surface area contributed by atoms with Crippen LogP contribution in [0.4, 0.5) is 4.39 Å². The predicted octanol–water partition coefficient (Wildman–Crippen LogP) is 3.58. The SMILES string of the molecule is CCC(CC(=O)O)c1[nH]c2ccc(F)cc2c1C. The highest BCUT2D eigenvalue weighted by Crippen LogP contribution is 2.31. The molecule has 0 amide bonds. The van der Waals surface area contributed by atoms with Gasteiger partial charge in [0.25, 0.3) is 0 Å². The summed E-state index contributed by atoms with van der Waals surface area (Å²) < 4.78 is 13.2. The maximum atomic E-state index is 13.2. The van der Waals surface area contributed by atoms with Gasteiger partial charge in [0.05, 0.1) is 6.42 Å². The molecule has 4 heteroatoms. The van der Waals surface area contributed by atoms with E-state index in [1.54, 1.807) is 6.07 Å². The van der Waals surface area contributed by atoms with E-state index in [4.69, 9.17) is 5.11 Å². The van der Waals surface area contributed by atoms with Crippen molar-refractivity contribution in [2.75, 3.05) is 0 Å². The molecule has 1 aromatic carbocycles. The summed E-state index contributed by atoms with van der Waals surface area (Å²) in [4.78, 5) is 14.1. The first-order chi connectivity index (χ1) is 8.52. The number of aryl methyl sites for hydroxylation is 1. The number of benzene rings is 1. The van der Waals surface area contributed by atoms with Gasteiger partial charge in [-0.2, -0.15) is 0 Å². The maximum absolute atomic E-state index is 13.2. The first kappa shape index (κ1) is 12.6. The van der Waals surface area contributed by atoms with Gasteiger partial charge >= 0.3 is 5.97 Å². The van der Waals surface area contributed by atoms with Crippen LogP contribution in [0.5, 0.6) is 0 Å². The highest BCUT2D eigenvalue weighted by molar-refractivity contribution is 5.85. The molecule has 0 bridgehead atoms. The van der Waals surface area contributed by atoms with Gasteiger partial charge in [-0.25, -0.2) is 4.39 Å². The Bertz CT molecular complexity index is 589. The lowest BCUT2D eigenvalue weighted by Gasteiger charge is -2.11. The van der Waals surface area contributed by atoms with Crippen molar-refractivity contribution >= 4 is 16.9 Å². The van der Waals surface area contributed by atoms with Crippen LogP contribution in [-0.2, 0) is 4.79 Å². The monoisotopic (exact) mass is 249 g/mol. The van der Waals surface area contributed by atoms with E-state index in [0.29, 0.717) is 0 Å². The molecular weight excluding hydrogens is 233 g/mol. The molecule has 96 valence electrons. The highest BCUT2D eigenvalue weighted by atomic mass is 19.1. The van der Waals surface area contributed by atoms with Crippen LogP contribution < -0.4 is 0 Å². The molecule has 1 atom stereocenters. The zero-order chi connectivity index (χ0) is 13.3. The second-order valence-electron chi connectivity index (χ2n) is 4.56. The van der Waals surface area contributed by atoms with Crippen LogP contribution in [-0.4, -0.2) is 16.1 Å². The Hall–Kier alpha value is -1.84. The molecule has 0 aliphatic rings. The number of H-pyrrole nitrogens is 1. The summed E-state index contributed by atoms with van der Waals surface area (Å²) in [6.07, 6.45) is 0.828. The highest BCUT2D eigenvalue weighted by Gasteiger charge is 2.19. The molecular formula is C14H16FNO2. The number of hydrogen-bond donors (Lipinski definition) is 2. The Morgan fingerprint density at radius 2 is 2.22 bits per heavy atom. The normalized spacial score (nSPS) is 12.8. The van der Waals surface area contributed by atoms with E-state index in [1.165, 1.54) is 12.1 Å². The standard InChI is InChI=1S/C14H16FNO2/c1-3-9(6-13(17)18)14-8(2)11-7-10(15)4-5-12(11)16-14/h4-5,7,9,16H,3,6H2,1-2H3,(H,17,18). The third kappa shape index (κ3) is 2.23. The zero-order valence-corrected chi connectivity index (χ0v) is 10.5. The van der Waals surface area contributed by atoms with E-state index in [-0.39, 0.29) is 18.2 Å². The predicted molar refractivity (Wildman–Crippen MR) is 68.3 cm³/mol. The van der Waals surface area contributed by atoms with Gasteiger partial charge in [0.15, 0.2) is 0 Å². The second-order valence-corrected chi connectivity index (χ2v) is 4.56. The van der Waals surface area contributed by atoms with Crippen LogP contribution in [0.2, 0.25) is 0 Å². The van der Waals surface area contributed by atoms with Crippen molar-refractivity contribution < 1.29 is 14.3 Å². The largest absolute Gasteiger partial charge is 0.481 e. The minimum atomic E-state index is -0.814. The maximum Gasteiger partial charge on any atom is 0.304 e. The van der Waals surface area contributed by atoms with Gasteiger partial charge in [0, 0.05) is 22.5 Å². The quantitative estimate of drug-likeness (QED) is 0.870. The molecule has 1 unspecified atom stereocenters. The topological polar surface area (TPSA) is 53.1 Å². The summed E-state index contributed by atoms with van der Waals surface area (Å²) in [6, 6.07) is 4.58. The Labute approximate surface area is 105 Å². The average molecular weight is 249 g/mol. The molecule has 0 fully saturated rings. The average Bonchev–Trinajstić information content (AvgIpc) is 2.64. The van der Waals surface area contributed by atoms with Crippen LogP contribution in [0.15, 0.2) is 18.2 Å². The van der Waals surface area contributed by atoms with Gasteiger partial charge in [-0.15, -0.1) is 0 Å². The number of nitrogens with one attached hydrogen (secondary N) is 1. The number of carboxylic acids is 1. The fourth-order valence-electron chi connectivity index (χ4n) is 2.39. The molecule has 1 heterocycles. The molecule has 0 spiro atoms. The van der Waals surface area contributed by atoms with Gasteiger partial charge in [0.1, 0.15) is 5.82 Å². The minimum absolute atomic E-state index is 0.0574. The van der Waals surface area contributed by atoms with Crippen LogP contribution in [0, 0.1) is 12.7 Å². The molecule has 0 aliphatic heterocycles. The molecule has 0 radical (unpaired) electrons. The van der Waals surface area contributed by atoms with Crippen molar-refractivity contribution in [3.63, 3.8) is 0 Å². The number of aromatic amines is 1. The number of carboxylic acid groups (broad SMARTS) is 1. The van der Waals surface area contributed by atoms with Crippen molar-refractivity contribution in [3.05, 3.63) is 35.3 Å². The molecule has 0 saturated carbocycles. The van der Waals surface area contributed by atoms with E-state index in [2.05, 4.69) is 4.98 Å². The molecule has 0 aliphatic carbocycles. The summed E-state index contributed by atoms with van der Waals surface area (Å²) in [5.41, 5.74) is 2.70. The Kier molecular flexibility index (Phi) is 3.36. The zero-order valence-electron chi connectivity index (χ0n) is 10.5. The number of carbonyl (C=O) groups is 1. The third-order valence-electron chi connectivity index (χ3n) is 3.38. The summed E-state index contributed by atoms with van der Waals surface area (Å²) in [7, 11) is 0. The van der Waals surface area contributed by atoms with Gasteiger partial charge in [0.2, 0.25) is 0 Å². The molecule has 2 N–H and O–H groups in total. The Morgan fingerprint density at radius 3 is 2.83 bits per heavy atom. The summed E-state index contributed by atoms with van der Waals surface area (Å²) >= 11 is 0. The van der Waals surface area contributed by atoms with Gasteiger partial charge in [-0.3, -0.25) is 4.79 Å². The van der Waals surface area contributed by atoms with E-state index >= 15 is 0 Å². The molecule has 2 aromatic rings. The van der Waals surface area contributed by atoms with Crippen LogP contribution in [0.3, 0.4) is 0 Å². The van der Waals surface area contributed by atoms with Crippen LogP contribution in [0.1, 0.15) is 36.9 Å². The summed E-state index contributed by atoms with van der Waals surface area (Å²) in [5.74, 6) is -1.15. The molecule has 0 saturated heterocycles. The Morgan fingerprint density at radius 1 is 1.50 bits per heavy atom. The lowest BCUT2D eigenvalue weighted by atomic mass is 9.95. The van der Waals surface area contributed by atoms with Crippen molar-refractivity contribution in [1.82, 2.24) is 4.98 Å². The lowest BCUT2D eigenvalue weighted by Crippen LogP contribution is -2.06. The van der Waals surface area contributed by atoms with Crippen molar-refractivity contribution in [2.45, 2.75) is 32.6 Å². The van der Waals surface area contributed by atoms with Gasteiger partial charge in [-0.05, 0) is 37.1 Å². The van der Waals surface area contributed by atoms with Crippen molar-refractivity contribution in [2.24, 2.45) is 0 Å². The number of halogens is 1. The van der Waals surface area contributed by atoms with Crippen LogP contribution in [0.25, 0.3) is 10.9 Å². The first-order valence-corrected chi connectivity index (χ1v) is 6.02. The number of aliphatic carboxylic acids is 1. The smallest absolute Gasteiger partial charge is 0.304 e. The van der Waals surface area contributed by atoms with Gasteiger partial charge < -0.3 is 10.1 Å². The van der Waals surface area contributed by atoms with Crippen molar-refractivity contribution in [3.8, 4) is 0 Å². The number of fused-ring (bicyclic) bond motifs is 1. The minimum Gasteiger partial charge on any atom is -0.481 e. The van der Waals surface area contributed by atoms with Crippen molar-refractivity contribution in [1.29, 1.82) is 0 Å². The van der Waals surface area contributed by atoms with E-state index in [1.807, 2.05) is 13.8 Å². The molecule has 2 rings (SSSR count). The molecule has 3 nitrogen and oxygen atoms in total. The summed E-state index contributed by atoms with van der Waals surface area (Å²) in [6.45, 7) is 3.86. The van der Waals surface area contributed by atoms with E-state index < -0.39 is 5.97 Å². The fourth-order valence-corrected chi connectivity index (χ4v) is 2.39. The summed E-state index contributed by atoms with van der Waals surface area (Å²) in [5, 5.41) is 9.74. The van der Waals surface area contributed by atoms with E-state index in [9.17, 15) is 9.18 Å². The fraction of sp³-hybridized carbons (Fsp3) is 0.357. The number of aromatic nitrogens is 1. The molecule has 1 aromatic heterocycles. The van der Waals surface area contributed by atoms with Gasteiger partial charge in [-0.1, -0.05) is 6.92 Å². The third-order valence-corrected chi connectivity index (χ3v) is 3.38. The number of rotatable bonds is 4. The second kappa shape index (κ2) is 4.80. The van der Waals surface area contributed by atoms with Crippen LogP contribution >= 0.6 is 0 Å². The van der Waals surface area contributed by atoms with E-state index in [0.717, 1.165) is 28.6 Å². The Balaban J connectivity index is 2.50. The lowest BCUT2D eigenvalue weighted by molar-refractivity contribution is -0.137.